The smallest absolute Gasteiger partial charge is 0.338 e. The summed E-state index contributed by atoms with van der Waals surface area (Å²) in [5.74, 6) is -4.11. The van der Waals surface area contributed by atoms with Crippen molar-refractivity contribution in [2.24, 2.45) is 29.1 Å². The molecule has 0 radical (unpaired) electrons. The van der Waals surface area contributed by atoms with Crippen molar-refractivity contribution in [3.05, 3.63) is 95.6 Å². The molecule has 2 aromatic carbocycles. The monoisotopic (exact) mass is 600 g/mol. The molecule has 8 atom stereocenters. The van der Waals surface area contributed by atoms with Crippen molar-refractivity contribution in [2.45, 2.75) is 71.4 Å². The molecule has 2 saturated carbocycles. The van der Waals surface area contributed by atoms with Gasteiger partial charge in [0.2, 0.25) is 0 Å². The molecule has 3 aliphatic carbocycles. The van der Waals surface area contributed by atoms with Crippen molar-refractivity contribution in [1.29, 1.82) is 0 Å². The average Bonchev–Trinajstić information content (AvgIpc) is 3.38. The van der Waals surface area contributed by atoms with Gasteiger partial charge < -0.3 is 19.3 Å². The molecule has 0 unspecified atom stereocenters. The van der Waals surface area contributed by atoms with E-state index in [4.69, 9.17) is 14.2 Å². The summed E-state index contributed by atoms with van der Waals surface area (Å²) in [5.41, 5.74) is -1.03. The number of allylic oxidation sites excluding steroid dienone is 1. The van der Waals surface area contributed by atoms with Crippen LogP contribution in [-0.4, -0.2) is 52.7 Å². The Labute approximate surface area is 258 Å². The van der Waals surface area contributed by atoms with E-state index in [1.165, 1.54) is 6.92 Å². The first-order valence-corrected chi connectivity index (χ1v) is 15.1. The van der Waals surface area contributed by atoms with E-state index >= 15 is 0 Å². The third-order valence-corrected chi connectivity index (χ3v) is 9.80. The Balaban J connectivity index is 1.61. The Morgan fingerprint density at radius 2 is 1.45 bits per heavy atom. The van der Waals surface area contributed by atoms with E-state index in [1.54, 1.807) is 74.5 Å². The van der Waals surface area contributed by atoms with Crippen LogP contribution < -0.4 is 0 Å². The van der Waals surface area contributed by atoms with Gasteiger partial charge in [-0.2, -0.15) is 0 Å². The van der Waals surface area contributed by atoms with E-state index in [9.17, 15) is 24.3 Å². The zero-order valence-corrected chi connectivity index (χ0v) is 25.8. The molecule has 0 bridgehead atoms. The number of hydrogen-bond acceptors (Lipinski definition) is 8. The Kier molecular flexibility index (Phi) is 8.42. The van der Waals surface area contributed by atoms with Gasteiger partial charge in [-0.15, -0.1) is 0 Å². The summed E-state index contributed by atoms with van der Waals surface area (Å²) in [4.78, 5) is 53.4. The molecule has 0 aromatic heterocycles. The average molecular weight is 601 g/mol. The summed E-state index contributed by atoms with van der Waals surface area (Å²) in [6.07, 6.45) is -1.04. The topological polar surface area (TPSA) is 116 Å². The van der Waals surface area contributed by atoms with Crippen LogP contribution in [0.1, 0.15) is 68.2 Å². The maximum Gasteiger partial charge on any atom is 0.338 e. The summed E-state index contributed by atoms with van der Waals surface area (Å²) in [6, 6.07) is 16.9. The van der Waals surface area contributed by atoms with E-state index in [1.807, 2.05) is 6.08 Å². The lowest BCUT2D eigenvalue weighted by Crippen LogP contribution is -2.53. The Morgan fingerprint density at radius 3 is 2.00 bits per heavy atom. The number of carbonyl (C=O) groups excluding carboxylic acids is 4. The van der Waals surface area contributed by atoms with E-state index in [0.717, 1.165) is 0 Å². The molecule has 0 heterocycles. The van der Waals surface area contributed by atoms with Crippen molar-refractivity contribution in [1.82, 2.24) is 0 Å². The van der Waals surface area contributed by atoms with Gasteiger partial charge in [0.25, 0.3) is 0 Å². The molecule has 0 spiro atoms. The van der Waals surface area contributed by atoms with Gasteiger partial charge in [0, 0.05) is 12.5 Å². The molecule has 1 N–H and O–H groups in total. The number of esters is 3. The van der Waals surface area contributed by atoms with E-state index in [0.29, 0.717) is 23.1 Å². The van der Waals surface area contributed by atoms with Crippen LogP contribution >= 0.6 is 0 Å². The SMILES string of the molecule is C=C1[C@@H](OC(=O)c2ccccc2)C[C@H]2[C@@H](/C=C(\C)C(=O)[C@@]3(O)C[C@H](C)[C@H](OC(=O)c4ccccc4)[C@@H]3[C@H]1OC(C)=O)C2(C)C. The number of ketones is 1. The first-order valence-electron chi connectivity index (χ1n) is 15.1. The van der Waals surface area contributed by atoms with Crippen molar-refractivity contribution < 1.29 is 38.5 Å². The summed E-state index contributed by atoms with van der Waals surface area (Å²) >= 11 is 0. The predicted molar refractivity (Wildman–Crippen MR) is 162 cm³/mol. The lowest BCUT2D eigenvalue weighted by Gasteiger charge is -2.39. The fourth-order valence-electron chi connectivity index (χ4n) is 7.26. The molecule has 0 amide bonds. The Hall–Kier alpha value is -4.04. The van der Waals surface area contributed by atoms with Crippen molar-refractivity contribution in [2.75, 3.05) is 0 Å². The van der Waals surface area contributed by atoms with Gasteiger partial charge in [-0.25, -0.2) is 9.59 Å². The fraction of sp³-hybridized carbons (Fsp3) is 0.444. The largest absolute Gasteiger partial charge is 0.458 e. The number of Topliss-reactive ketones (excluding diaryl/α,β-unsaturated/α-hetero) is 1. The number of benzene rings is 2. The van der Waals surface area contributed by atoms with Crippen LogP contribution in [0.4, 0.5) is 0 Å². The van der Waals surface area contributed by atoms with Gasteiger partial charge in [-0.05, 0) is 72.8 Å². The molecule has 0 aliphatic heterocycles. The highest BCUT2D eigenvalue weighted by Gasteiger charge is 2.64. The predicted octanol–water partition coefficient (Wildman–Crippen LogP) is 5.50. The normalized spacial score (nSPS) is 33.9. The number of hydrogen-bond donors (Lipinski definition) is 1. The second-order valence-electron chi connectivity index (χ2n) is 13.1. The third-order valence-electron chi connectivity index (χ3n) is 9.80. The minimum absolute atomic E-state index is 0.0185. The minimum Gasteiger partial charge on any atom is -0.458 e. The minimum atomic E-state index is -2.06. The van der Waals surface area contributed by atoms with Gasteiger partial charge >= 0.3 is 17.9 Å². The van der Waals surface area contributed by atoms with Crippen LogP contribution in [-0.2, 0) is 23.8 Å². The molecular weight excluding hydrogens is 560 g/mol. The Morgan fingerprint density at radius 1 is 0.909 bits per heavy atom. The molecule has 44 heavy (non-hydrogen) atoms. The lowest BCUT2D eigenvalue weighted by molar-refractivity contribution is -0.162. The molecule has 232 valence electrons. The zero-order valence-electron chi connectivity index (χ0n) is 25.8. The number of ether oxygens (including phenoxy) is 3. The first kappa shape index (κ1) is 31.4. The molecule has 5 rings (SSSR count). The number of carbonyl (C=O) groups is 4. The molecule has 2 aromatic rings. The van der Waals surface area contributed by atoms with Gasteiger partial charge in [0.05, 0.1) is 17.0 Å². The van der Waals surface area contributed by atoms with Crippen LogP contribution in [0.2, 0.25) is 0 Å². The highest BCUT2D eigenvalue weighted by molar-refractivity contribution is 6.02. The maximum atomic E-state index is 14.2. The van der Waals surface area contributed by atoms with Crippen molar-refractivity contribution >= 4 is 23.7 Å². The molecule has 8 heteroatoms. The van der Waals surface area contributed by atoms with Crippen LogP contribution in [0.15, 0.2) is 84.5 Å². The molecule has 8 nitrogen and oxygen atoms in total. The number of fused-ring (bicyclic) bond motifs is 2. The fourth-order valence-corrected chi connectivity index (χ4v) is 7.26. The van der Waals surface area contributed by atoms with E-state index in [2.05, 4.69) is 20.4 Å². The summed E-state index contributed by atoms with van der Waals surface area (Å²) in [5, 5.41) is 12.3. The van der Waals surface area contributed by atoms with E-state index < -0.39 is 59.4 Å². The first-order chi connectivity index (χ1) is 20.8. The quantitative estimate of drug-likeness (QED) is 0.272. The standard InChI is InChI=1S/C36H40O8/c1-20-17-26-27(35(26,5)6)18-28(43-33(39)24-13-9-7-10-14-24)22(3)31(42-23(4)37)29-30(21(2)19-36(29,41)32(20)38)44-34(40)25-15-11-8-12-16-25/h7-17,21,26-31,41H,3,18-19H2,1-2,4-6H3/b20-17+/t21-,26+,27-,28-,29+,30-,31-,36+/m0/s1. The van der Waals surface area contributed by atoms with Crippen LogP contribution in [0.3, 0.4) is 0 Å². The van der Waals surface area contributed by atoms with Crippen molar-refractivity contribution in [3.8, 4) is 0 Å². The lowest BCUT2D eigenvalue weighted by atomic mass is 9.76. The molecular formula is C36H40O8. The highest BCUT2D eigenvalue weighted by atomic mass is 16.6. The number of aliphatic hydroxyl groups is 1. The summed E-state index contributed by atoms with van der Waals surface area (Å²) in [7, 11) is 0. The highest BCUT2D eigenvalue weighted by Crippen LogP contribution is 2.62. The second-order valence-corrected chi connectivity index (χ2v) is 13.1. The molecule has 2 fully saturated rings. The van der Waals surface area contributed by atoms with Gasteiger partial charge in [-0.1, -0.05) is 69.8 Å². The van der Waals surface area contributed by atoms with Crippen LogP contribution in [0.5, 0.6) is 0 Å². The van der Waals surface area contributed by atoms with Gasteiger partial charge in [0.1, 0.15) is 23.9 Å². The van der Waals surface area contributed by atoms with Gasteiger partial charge in [0.15, 0.2) is 5.78 Å². The van der Waals surface area contributed by atoms with Gasteiger partial charge in [-0.3, -0.25) is 9.59 Å². The molecule has 3 aliphatic rings. The Bertz CT molecular complexity index is 1490. The number of rotatable bonds is 5. The molecule has 0 saturated heterocycles. The maximum absolute atomic E-state index is 14.2. The van der Waals surface area contributed by atoms with Crippen LogP contribution in [0.25, 0.3) is 0 Å². The second kappa shape index (κ2) is 11.8. The third kappa shape index (κ3) is 5.75. The van der Waals surface area contributed by atoms with E-state index in [-0.39, 0.29) is 29.2 Å². The zero-order chi connectivity index (χ0) is 32.0. The van der Waals surface area contributed by atoms with Crippen LogP contribution in [0, 0.1) is 29.1 Å². The van der Waals surface area contributed by atoms with Crippen molar-refractivity contribution in [3.63, 3.8) is 0 Å². The summed E-state index contributed by atoms with van der Waals surface area (Å²) < 4.78 is 18.0. The summed E-state index contributed by atoms with van der Waals surface area (Å²) in [6.45, 7) is 13.1.